The van der Waals surface area contributed by atoms with Crippen LogP contribution in [0.5, 0.6) is 0 Å². The molecule has 1 saturated heterocycles. The summed E-state index contributed by atoms with van der Waals surface area (Å²) in [5, 5.41) is 7.84. The Balaban J connectivity index is 1.08. The lowest BCUT2D eigenvalue weighted by atomic mass is 9.96. The van der Waals surface area contributed by atoms with Crippen molar-refractivity contribution in [3.05, 3.63) is 88.8 Å². The number of halogens is 1. The smallest absolute Gasteiger partial charge is 0.241 e. The van der Waals surface area contributed by atoms with Gasteiger partial charge in [-0.1, -0.05) is 53.2 Å². The van der Waals surface area contributed by atoms with Gasteiger partial charge in [0.15, 0.2) is 0 Å². The van der Waals surface area contributed by atoms with E-state index < -0.39 is 0 Å². The van der Waals surface area contributed by atoms with Crippen LogP contribution in [0.15, 0.2) is 65.4 Å². The number of nitrogens with zero attached hydrogens (tertiary/aromatic N) is 5. The van der Waals surface area contributed by atoms with E-state index in [0.29, 0.717) is 29.8 Å². The molecule has 1 amide bonds. The molecule has 0 bridgehead atoms. The van der Waals surface area contributed by atoms with E-state index in [0.717, 1.165) is 49.4 Å². The van der Waals surface area contributed by atoms with Gasteiger partial charge in [0.25, 0.3) is 0 Å². The standard InChI is InChI=1S/C27H29ClN6O2/c1-19-29-10-13-34(19)17-21-5-2-4-20(14-21)16-30-27(35)22-8-11-33(12-9-22)18-25-31-26(32-36-25)23-6-3-7-24(28)15-23/h2-7,10,13-15,22H,8-9,11-12,16-18H2,1H3,(H,30,35). The van der Waals surface area contributed by atoms with Crippen molar-refractivity contribution < 1.29 is 9.32 Å². The number of nitrogens with one attached hydrogen (secondary N) is 1. The fourth-order valence-corrected chi connectivity index (χ4v) is 4.74. The van der Waals surface area contributed by atoms with Gasteiger partial charge in [-0.25, -0.2) is 4.98 Å². The van der Waals surface area contributed by atoms with Crippen LogP contribution in [-0.4, -0.2) is 43.6 Å². The fraction of sp³-hybridized carbons (Fsp3) is 0.333. The zero-order valence-corrected chi connectivity index (χ0v) is 21.0. The van der Waals surface area contributed by atoms with Crippen molar-refractivity contribution in [1.29, 1.82) is 0 Å². The summed E-state index contributed by atoms with van der Waals surface area (Å²) in [6.45, 7) is 5.50. The Labute approximate surface area is 215 Å². The highest BCUT2D eigenvalue weighted by molar-refractivity contribution is 6.30. The van der Waals surface area contributed by atoms with E-state index in [1.54, 1.807) is 0 Å². The first-order chi connectivity index (χ1) is 17.5. The van der Waals surface area contributed by atoms with Gasteiger partial charge in [0.1, 0.15) is 5.82 Å². The molecule has 5 rings (SSSR count). The Kier molecular flexibility index (Phi) is 7.44. The highest BCUT2D eigenvalue weighted by Crippen LogP contribution is 2.22. The molecule has 2 aromatic heterocycles. The van der Waals surface area contributed by atoms with Crippen molar-refractivity contribution in [2.24, 2.45) is 5.92 Å². The highest BCUT2D eigenvalue weighted by Gasteiger charge is 2.26. The molecule has 186 valence electrons. The molecule has 0 radical (unpaired) electrons. The van der Waals surface area contributed by atoms with Gasteiger partial charge in [-0.05, 0) is 56.1 Å². The summed E-state index contributed by atoms with van der Waals surface area (Å²) in [6.07, 6.45) is 5.40. The summed E-state index contributed by atoms with van der Waals surface area (Å²) in [6, 6.07) is 15.7. The maximum Gasteiger partial charge on any atom is 0.241 e. The van der Waals surface area contributed by atoms with Crippen LogP contribution in [0.4, 0.5) is 0 Å². The number of piperidine rings is 1. The third-order valence-electron chi connectivity index (χ3n) is 6.60. The second-order valence-electron chi connectivity index (χ2n) is 9.21. The van der Waals surface area contributed by atoms with Gasteiger partial charge in [0, 0.05) is 42.0 Å². The Hall–Kier alpha value is -3.49. The molecule has 0 atom stereocenters. The van der Waals surface area contributed by atoms with Crippen LogP contribution in [0.3, 0.4) is 0 Å². The van der Waals surface area contributed by atoms with Gasteiger partial charge in [-0.3, -0.25) is 9.69 Å². The van der Waals surface area contributed by atoms with Crippen LogP contribution in [0.2, 0.25) is 5.02 Å². The summed E-state index contributed by atoms with van der Waals surface area (Å²) < 4.78 is 7.55. The minimum absolute atomic E-state index is 0.0164. The maximum absolute atomic E-state index is 12.8. The van der Waals surface area contributed by atoms with Crippen LogP contribution >= 0.6 is 11.6 Å². The summed E-state index contributed by atoms with van der Waals surface area (Å²) in [4.78, 5) is 23.9. The van der Waals surface area contributed by atoms with E-state index >= 15 is 0 Å². The average Bonchev–Trinajstić information content (AvgIpc) is 3.52. The lowest BCUT2D eigenvalue weighted by Crippen LogP contribution is -2.40. The van der Waals surface area contributed by atoms with Crippen molar-refractivity contribution in [2.45, 2.75) is 39.4 Å². The van der Waals surface area contributed by atoms with Gasteiger partial charge < -0.3 is 14.4 Å². The first-order valence-electron chi connectivity index (χ1n) is 12.2. The van der Waals surface area contributed by atoms with E-state index in [1.165, 1.54) is 5.56 Å². The summed E-state index contributed by atoms with van der Waals surface area (Å²) in [5.74, 6) is 2.22. The number of hydrogen-bond acceptors (Lipinski definition) is 6. The number of imidazole rings is 1. The fourth-order valence-electron chi connectivity index (χ4n) is 4.55. The molecule has 1 fully saturated rings. The third-order valence-corrected chi connectivity index (χ3v) is 6.84. The molecule has 9 heteroatoms. The van der Waals surface area contributed by atoms with Crippen LogP contribution in [0.25, 0.3) is 11.4 Å². The van der Waals surface area contributed by atoms with Crippen LogP contribution < -0.4 is 5.32 Å². The van der Waals surface area contributed by atoms with Crippen LogP contribution in [-0.2, 0) is 24.4 Å². The quantitative estimate of drug-likeness (QED) is 0.381. The number of rotatable bonds is 8. The zero-order chi connectivity index (χ0) is 24.9. The Morgan fingerprint density at radius 1 is 1.11 bits per heavy atom. The second kappa shape index (κ2) is 11.1. The van der Waals surface area contributed by atoms with Gasteiger partial charge in [0.05, 0.1) is 6.54 Å². The first kappa shape index (κ1) is 24.2. The molecule has 0 saturated carbocycles. The van der Waals surface area contributed by atoms with Crippen molar-refractivity contribution in [3.8, 4) is 11.4 Å². The molecule has 1 N–H and O–H groups in total. The molecular weight excluding hydrogens is 476 g/mol. The number of amides is 1. The van der Waals surface area contributed by atoms with Crippen molar-refractivity contribution in [1.82, 2.24) is 29.9 Å². The Morgan fingerprint density at radius 2 is 1.92 bits per heavy atom. The van der Waals surface area contributed by atoms with E-state index in [9.17, 15) is 4.79 Å². The molecule has 4 aromatic rings. The largest absolute Gasteiger partial charge is 0.352 e. The van der Waals surface area contributed by atoms with Crippen molar-refractivity contribution in [2.75, 3.05) is 13.1 Å². The van der Waals surface area contributed by atoms with Crippen LogP contribution in [0.1, 0.15) is 35.7 Å². The van der Waals surface area contributed by atoms with E-state index in [-0.39, 0.29) is 11.8 Å². The molecule has 1 aliphatic rings. The number of carbonyl (C=O) groups excluding carboxylic acids is 1. The third kappa shape index (κ3) is 6.01. The lowest BCUT2D eigenvalue weighted by Gasteiger charge is -2.30. The average molecular weight is 505 g/mol. The number of carbonyl (C=O) groups is 1. The van der Waals surface area contributed by atoms with Gasteiger partial charge in [0.2, 0.25) is 17.6 Å². The van der Waals surface area contributed by atoms with Crippen molar-refractivity contribution >= 4 is 17.5 Å². The first-order valence-corrected chi connectivity index (χ1v) is 12.6. The van der Waals surface area contributed by atoms with E-state index in [1.807, 2.05) is 49.6 Å². The van der Waals surface area contributed by atoms with E-state index in [4.69, 9.17) is 16.1 Å². The Bertz CT molecular complexity index is 1330. The minimum Gasteiger partial charge on any atom is -0.352 e. The van der Waals surface area contributed by atoms with Gasteiger partial charge in [-0.15, -0.1) is 0 Å². The van der Waals surface area contributed by atoms with Gasteiger partial charge in [-0.2, -0.15) is 4.98 Å². The highest BCUT2D eigenvalue weighted by atomic mass is 35.5. The predicted octanol–water partition coefficient (Wildman–Crippen LogP) is 4.47. The summed E-state index contributed by atoms with van der Waals surface area (Å²) >= 11 is 6.06. The van der Waals surface area contributed by atoms with Crippen molar-refractivity contribution in [3.63, 3.8) is 0 Å². The summed E-state index contributed by atoms with van der Waals surface area (Å²) in [5.41, 5.74) is 3.12. The molecule has 8 nitrogen and oxygen atoms in total. The number of aryl methyl sites for hydroxylation is 1. The minimum atomic E-state index is 0.0164. The molecular formula is C27H29ClN6O2. The normalized spacial score (nSPS) is 14.7. The number of likely N-dealkylation sites (tertiary alicyclic amines) is 1. The van der Waals surface area contributed by atoms with Crippen LogP contribution in [0, 0.1) is 12.8 Å². The zero-order valence-electron chi connectivity index (χ0n) is 20.2. The molecule has 0 spiro atoms. The molecule has 36 heavy (non-hydrogen) atoms. The SMILES string of the molecule is Cc1nccn1Cc1cccc(CNC(=O)C2CCN(Cc3nc(-c4cccc(Cl)c4)no3)CC2)c1. The molecule has 0 aliphatic carbocycles. The molecule has 1 aliphatic heterocycles. The topological polar surface area (TPSA) is 89.1 Å². The maximum atomic E-state index is 12.8. The molecule has 2 aromatic carbocycles. The van der Waals surface area contributed by atoms with Gasteiger partial charge >= 0.3 is 0 Å². The Morgan fingerprint density at radius 3 is 2.69 bits per heavy atom. The number of benzene rings is 2. The number of hydrogen-bond donors (Lipinski definition) is 1. The summed E-state index contributed by atoms with van der Waals surface area (Å²) in [7, 11) is 0. The number of aromatic nitrogens is 4. The molecule has 3 heterocycles. The van der Waals surface area contributed by atoms with E-state index in [2.05, 4.69) is 48.1 Å². The predicted molar refractivity (Wildman–Crippen MR) is 137 cm³/mol. The second-order valence-corrected chi connectivity index (χ2v) is 9.65. The molecule has 0 unspecified atom stereocenters. The lowest BCUT2D eigenvalue weighted by molar-refractivity contribution is -0.126. The monoisotopic (exact) mass is 504 g/mol.